The van der Waals surface area contributed by atoms with E-state index in [1.165, 1.54) is 13.3 Å². The van der Waals surface area contributed by atoms with Crippen LogP contribution in [0.4, 0.5) is 0 Å². The monoisotopic (exact) mass is 280 g/mol. The van der Waals surface area contributed by atoms with Crippen LogP contribution >= 0.6 is 11.6 Å². The fraction of sp³-hybridized carbons (Fsp3) is 0.562. The summed E-state index contributed by atoms with van der Waals surface area (Å²) in [7, 11) is 0. The SMILES string of the molecule is CC(=O)c1ccc(OC2CCC(C)C(C)C2)cc1Cl. The van der Waals surface area contributed by atoms with Crippen LogP contribution in [-0.4, -0.2) is 11.9 Å². The van der Waals surface area contributed by atoms with E-state index in [-0.39, 0.29) is 11.9 Å². The molecule has 0 spiro atoms. The standard InChI is InChI=1S/C16H21ClO2/c1-10-4-5-13(8-11(10)2)19-14-6-7-15(12(3)18)16(17)9-14/h6-7,9-11,13H,4-5,8H2,1-3H3. The molecule has 0 aromatic heterocycles. The molecule has 1 saturated carbocycles. The van der Waals surface area contributed by atoms with E-state index in [4.69, 9.17) is 16.3 Å². The second-order valence-corrected chi connectivity index (χ2v) is 6.11. The van der Waals surface area contributed by atoms with Crippen molar-refractivity contribution in [3.05, 3.63) is 28.8 Å². The molecule has 0 heterocycles. The number of Topliss-reactive ketones (excluding diaryl/α,β-unsaturated/α-hetero) is 1. The fourth-order valence-corrected chi connectivity index (χ4v) is 2.96. The number of rotatable bonds is 3. The molecule has 0 aliphatic heterocycles. The molecule has 1 aromatic carbocycles. The highest BCUT2D eigenvalue weighted by Crippen LogP contribution is 2.32. The number of hydrogen-bond acceptors (Lipinski definition) is 2. The number of ether oxygens (including phenoxy) is 1. The molecule has 2 nitrogen and oxygen atoms in total. The van der Waals surface area contributed by atoms with Crippen LogP contribution in [-0.2, 0) is 0 Å². The predicted octanol–water partition coefficient (Wildman–Crippen LogP) is 4.75. The molecular weight excluding hydrogens is 260 g/mol. The molecule has 0 amide bonds. The lowest BCUT2D eigenvalue weighted by Gasteiger charge is -2.32. The minimum atomic E-state index is -0.0170. The maximum absolute atomic E-state index is 11.3. The largest absolute Gasteiger partial charge is 0.490 e. The normalized spacial score (nSPS) is 27.1. The van der Waals surface area contributed by atoms with Crippen molar-refractivity contribution in [2.24, 2.45) is 11.8 Å². The molecule has 1 aliphatic carbocycles. The Morgan fingerprint density at radius 2 is 2.00 bits per heavy atom. The second kappa shape index (κ2) is 5.96. The van der Waals surface area contributed by atoms with Crippen LogP contribution in [0.3, 0.4) is 0 Å². The topological polar surface area (TPSA) is 26.3 Å². The predicted molar refractivity (Wildman–Crippen MR) is 78.1 cm³/mol. The number of benzene rings is 1. The highest BCUT2D eigenvalue weighted by molar-refractivity contribution is 6.34. The Morgan fingerprint density at radius 1 is 1.26 bits per heavy atom. The minimum Gasteiger partial charge on any atom is -0.490 e. The van der Waals surface area contributed by atoms with Gasteiger partial charge in [-0.25, -0.2) is 0 Å². The van der Waals surface area contributed by atoms with E-state index in [9.17, 15) is 4.79 Å². The zero-order valence-corrected chi connectivity index (χ0v) is 12.5. The van der Waals surface area contributed by atoms with Crippen molar-refractivity contribution in [2.75, 3.05) is 0 Å². The fourth-order valence-electron chi connectivity index (χ4n) is 2.65. The lowest BCUT2D eigenvalue weighted by Crippen LogP contribution is -2.28. The van der Waals surface area contributed by atoms with Gasteiger partial charge < -0.3 is 4.74 Å². The maximum Gasteiger partial charge on any atom is 0.161 e. The van der Waals surface area contributed by atoms with Crippen LogP contribution in [0.15, 0.2) is 18.2 Å². The lowest BCUT2D eigenvalue weighted by molar-refractivity contribution is 0.100. The Kier molecular flexibility index (Phi) is 4.51. The van der Waals surface area contributed by atoms with Gasteiger partial charge in [-0.1, -0.05) is 25.4 Å². The van der Waals surface area contributed by atoms with Crippen molar-refractivity contribution in [3.8, 4) is 5.75 Å². The second-order valence-electron chi connectivity index (χ2n) is 5.71. The molecule has 3 atom stereocenters. The average Bonchev–Trinajstić information content (AvgIpc) is 2.33. The van der Waals surface area contributed by atoms with Crippen molar-refractivity contribution in [2.45, 2.75) is 46.1 Å². The van der Waals surface area contributed by atoms with E-state index in [1.54, 1.807) is 12.1 Å². The van der Waals surface area contributed by atoms with E-state index in [1.807, 2.05) is 6.07 Å². The van der Waals surface area contributed by atoms with Gasteiger partial charge in [0.15, 0.2) is 5.78 Å². The van der Waals surface area contributed by atoms with Gasteiger partial charge in [-0.2, -0.15) is 0 Å². The number of halogens is 1. The molecule has 0 bridgehead atoms. The molecule has 0 saturated heterocycles. The van der Waals surface area contributed by atoms with Gasteiger partial charge in [0.2, 0.25) is 0 Å². The van der Waals surface area contributed by atoms with Gasteiger partial charge >= 0.3 is 0 Å². The van der Waals surface area contributed by atoms with E-state index < -0.39 is 0 Å². The molecule has 2 rings (SSSR count). The molecular formula is C16H21ClO2. The van der Waals surface area contributed by atoms with E-state index in [0.29, 0.717) is 16.5 Å². The van der Waals surface area contributed by atoms with Crippen molar-refractivity contribution in [1.82, 2.24) is 0 Å². The lowest BCUT2D eigenvalue weighted by atomic mass is 9.80. The summed E-state index contributed by atoms with van der Waals surface area (Å²) in [5.41, 5.74) is 0.555. The van der Waals surface area contributed by atoms with Crippen molar-refractivity contribution in [3.63, 3.8) is 0 Å². The van der Waals surface area contributed by atoms with Crippen LogP contribution in [0, 0.1) is 11.8 Å². The molecule has 3 unspecified atom stereocenters. The Balaban J connectivity index is 2.04. The van der Waals surface area contributed by atoms with Gasteiger partial charge in [0, 0.05) is 5.56 Å². The van der Waals surface area contributed by atoms with Gasteiger partial charge in [-0.3, -0.25) is 4.79 Å². The smallest absolute Gasteiger partial charge is 0.161 e. The average molecular weight is 281 g/mol. The van der Waals surface area contributed by atoms with Gasteiger partial charge in [-0.15, -0.1) is 0 Å². The third-order valence-corrected chi connectivity index (χ3v) is 4.49. The Labute approximate surface area is 120 Å². The summed E-state index contributed by atoms with van der Waals surface area (Å²) in [4.78, 5) is 11.3. The first-order chi connectivity index (χ1) is 8.97. The zero-order chi connectivity index (χ0) is 14.0. The Bertz CT molecular complexity index is 470. The van der Waals surface area contributed by atoms with Crippen molar-refractivity contribution < 1.29 is 9.53 Å². The summed E-state index contributed by atoms with van der Waals surface area (Å²) in [6.07, 6.45) is 3.67. The third-order valence-electron chi connectivity index (χ3n) is 4.17. The summed E-state index contributed by atoms with van der Waals surface area (Å²) < 4.78 is 5.99. The molecule has 0 N–H and O–H groups in total. The van der Waals surface area contributed by atoms with Crippen molar-refractivity contribution >= 4 is 17.4 Å². The molecule has 1 fully saturated rings. The van der Waals surface area contributed by atoms with Crippen LogP contribution < -0.4 is 4.74 Å². The van der Waals surface area contributed by atoms with Crippen LogP contribution in [0.5, 0.6) is 5.75 Å². The molecule has 3 heteroatoms. The van der Waals surface area contributed by atoms with Gasteiger partial charge in [0.25, 0.3) is 0 Å². The Morgan fingerprint density at radius 3 is 2.58 bits per heavy atom. The van der Waals surface area contributed by atoms with Crippen LogP contribution in [0.1, 0.15) is 50.4 Å². The van der Waals surface area contributed by atoms with Gasteiger partial charge in [0.1, 0.15) is 5.75 Å². The first kappa shape index (κ1) is 14.4. The molecule has 0 radical (unpaired) electrons. The van der Waals surface area contributed by atoms with E-state index in [0.717, 1.165) is 24.5 Å². The van der Waals surface area contributed by atoms with E-state index in [2.05, 4.69) is 13.8 Å². The zero-order valence-electron chi connectivity index (χ0n) is 11.8. The third kappa shape index (κ3) is 3.50. The molecule has 19 heavy (non-hydrogen) atoms. The number of carbonyl (C=O) groups is 1. The number of hydrogen-bond donors (Lipinski definition) is 0. The number of ketones is 1. The highest BCUT2D eigenvalue weighted by Gasteiger charge is 2.25. The summed E-state index contributed by atoms with van der Waals surface area (Å²) >= 11 is 6.09. The molecule has 104 valence electrons. The number of carbonyl (C=O) groups excluding carboxylic acids is 1. The first-order valence-electron chi connectivity index (χ1n) is 6.94. The maximum atomic E-state index is 11.3. The van der Waals surface area contributed by atoms with E-state index >= 15 is 0 Å². The first-order valence-corrected chi connectivity index (χ1v) is 7.32. The summed E-state index contributed by atoms with van der Waals surface area (Å²) in [5, 5.41) is 0.474. The van der Waals surface area contributed by atoms with Crippen LogP contribution in [0.25, 0.3) is 0 Å². The minimum absolute atomic E-state index is 0.0170. The van der Waals surface area contributed by atoms with Gasteiger partial charge in [0.05, 0.1) is 11.1 Å². The van der Waals surface area contributed by atoms with Crippen molar-refractivity contribution in [1.29, 1.82) is 0 Å². The quantitative estimate of drug-likeness (QED) is 0.747. The highest BCUT2D eigenvalue weighted by atomic mass is 35.5. The van der Waals surface area contributed by atoms with Gasteiger partial charge in [-0.05, 0) is 56.2 Å². The summed E-state index contributed by atoms with van der Waals surface area (Å²) in [5.74, 6) is 2.23. The molecule has 1 aliphatic rings. The Hall–Kier alpha value is -1.02. The van der Waals surface area contributed by atoms with Crippen LogP contribution in [0.2, 0.25) is 5.02 Å². The summed E-state index contributed by atoms with van der Waals surface area (Å²) in [6, 6.07) is 5.33. The molecule has 1 aromatic rings. The summed E-state index contributed by atoms with van der Waals surface area (Å²) in [6.45, 7) is 6.11.